The Kier molecular flexibility index (Phi) is 39.6. The molecule has 0 unspecified atom stereocenters. The SMILES string of the molecule is O=C(O)CSC[C@@H]1O[C@H]2O[C@@H]3[C@@H](O)[C@H](O)[C@H](O[C@@H]4[C@@H](O)[C@H](O)[C@H](O[C@@H]5[C@@H](O)[C@H](O)[C@H](O[C@@H]6[C@@H](O)[C@@H](O)[C@H](O[C@@H]7[C@@H](O)[C@H](O)[C@H](O[C@@H]8[C@@H](O)[C@H](O)[C@H](O[C@@H]9[C@@H](O)[C@H](O)[C@H](O[C@@H]1[C@@H](O)[C@@H]2O)O[C@H]9CSCC(=O)O)O[C@H]8CSCC(=O)O)O[C@H]7CSCC(=O)O)O[C@H]6CSCC(=O)O)O[C@H]5CSCC(=O)O)O[C@H]4CSCC(=O)O)O[C@H]3CSCC(=O)O. The zero-order valence-electron chi connectivity index (χ0n) is 62.2. The van der Waals surface area contributed by atoms with Gasteiger partial charge in [0, 0.05) is 46.0 Å². The van der Waals surface area contributed by atoms with Gasteiger partial charge in [0.25, 0.3) is 0 Å². The Morgan fingerprint density at radius 1 is 0.158 bits per heavy atom. The topological polar surface area (TPSA) is 770 Å². The highest BCUT2D eigenvalue weighted by Crippen LogP contribution is 2.43. The molecule has 0 aromatic rings. The number of hydrogen-bond donors (Lipinski definition) is 24. The van der Waals surface area contributed by atoms with E-state index in [4.69, 9.17) is 75.8 Å². The molecule has 40 atom stereocenters. The van der Waals surface area contributed by atoms with E-state index < -0.39 is 385 Å². The van der Waals surface area contributed by atoms with Crippen LogP contribution in [0, 0.1) is 0 Å². The second kappa shape index (κ2) is 47.0. The molecule has 30 saturated heterocycles. The molecule has 688 valence electrons. The molecule has 56 heteroatoms. The molecule has 0 radical (unpaired) electrons. The molecule has 120 heavy (non-hydrogen) atoms. The van der Waals surface area contributed by atoms with Crippen molar-refractivity contribution >= 4 is 142 Å². The minimum atomic E-state index is -2.39. The van der Waals surface area contributed by atoms with Crippen molar-refractivity contribution in [1.82, 2.24) is 0 Å². The molecule has 0 amide bonds. The monoisotopic (exact) mass is 1890 g/mol. The average Bonchev–Trinajstić information content (AvgIpc) is 0.771. The smallest absolute Gasteiger partial charge is 0.313 e. The summed E-state index contributed by atoms with van der Waals surface area (Å²) in [6, 6.07) is 0. The number of carbonyl (C=O) groups is 8. The van der Waals surface area contributed by atoms with Gasteiger partial charge in [0.15, 0.2) is 50.3 Å². The summed E-state index contributed by atoms with van der Waals surface area (Å²) in [4.78, 5) is 95.3. The Bertz CT molecular complexity index is 2700. The lowest BCUT2D eigenvalue weighted by molar-refractivity contribution is -0.396. The van der Waals surface area contributed by atoms with Gasteiger partial charge >= 0.3 is 47.8 Å². The number of aliphatic hydroxyl groups excluding tert-OH is 16. The molecule has 30 heterocycles. The van der Waals surface area contributed by atoms with Gasteiger partial charge in [-0.3, -0.25) is 38.4 Å². The number of rotatable bonds is 32. The summed E-state index contributed by atoms with van der Waals surface area (Å²) >= 11 is 4.86. The molecular formula is C64H96O48S8. The van der Waals surface area contributed by atoms with E-state index >= 15 is 0 Å². The Morgan fingerprint density at radius 2 is 0.250 bits per heavy atom. The van der Waals surface area contributed by atoms with Crippen molar-refractivity contribution in [3.8, 4) is 0 Å². The highest BCUT2D eigenvalue weighted by molar-refractivity contribution is 8.01. The number of aliphatic hydroxyl groups is 16. The molecule has 30 aliphatic heterocycles. The molecule has 0 aliphatic carbocycles. The summed E-state index contributed by atoms with van der Waals surface area (Å²) < 4.78 is 97.8. The van der Waals surface area contributed by atoms with Gasteiger partial charge in [0.2, 0.25) is 0 Å². The molecule has 16 bridgehead atoms. The van der Waals surface area contributed by atoms with Crippen molar-refractivity contribution in [2.24, 2.45) is 0 Å². The van der Waals surface area contributed by atoms with Gasteiger partial charge in [0.1, 0.15) is 146 Å². The van der Waals surface area contributed by atoms with Crippen LogP contribution in [-0.4, -0.2) is 508 Å². The molecule has 24 N–H and O–H groups in total. The summed E-state index contributed by atoms with van der Waals surface area (Å²) in [5.41, 5.74) is 0. The first kappa shape index (κ1) is 101. The van der Waals surface area contributed by atoms with E-state index in [1.807, 2.05) is 0 Å². The maximum absolute atomic E-state index is 12.1. The Balaban J connectivity index is 1.10. The Hall–Kier alpha value is -2.72. The highest BCUT2D eigenvalue weighted by atomic mass is 32.2. The van der Waals surface area contributed by atoms with Gasteiger partial charge in [-0.05, 0) is 0 Å². The Labute approximate surface area is 712 Å². The van der Waals surface area contributed by atoms with Crippen LogP contribution >= 0.6 is 94.1 Å². The summed E-state index contributed by atoms with van der Waals surface area (Å²) in [5.74, 6) is -21.0. The fourth-order valence-corrected chi connectivity index (χ4v) is 20.2. The average molecular weight is 1890 g/mol. The van der Waals surface area contributed by atoms with Gasteiger partial charge < -0.3 is 198 Å². The number of aliphatic carboxylic acids is 8. The van der Waals surface area contributed by atoms with Crippen LogP contribution in [0.3, 0.4) is 0 Å². The highest BCUT2D eigenvalue weighted by Gasteiger charge is 2.61. The van der Waals surface area contributed by atoms with E-state index in [1.165, 1.54) is 0 Å². The fraction of sp³-hybridized carbons (Fsp3) is 0.875. The predicted molar refractivity (Wildman–Crippen MR) is 404 cm³/mol. The standard InChI is InChI=1S/C64H96O48S8/c65-25(66)9-113-1-17-49-33(81)41(89)57(97-17)106-50-18(2-114-10-26(67)68)99-59(43(91)35(50)83)108-52-20(4-116-12-28(71)72)101-61(45(93)37(52)85)110-54-22(6-118-14-30(75)76)103-63(47(95)39(54)87)112-56-24(8-120-16-32(79)80)104-64(48(96)40(56)88)111-55-23(7-119-15-31(77)78)102-62(46(94)38(55)86)109-53-21(5-117-13-29(73)74)100-60(44(92)36(53)84)107-51-19(3-115-11-27(69)70)98-58(105-49)42(90)34(51)82/h17-24,33-64,81-96H,1-16H2,(H,65,66)(H,67,68)(H,69,70)(H,71,72)(H,73,74)(H,75,76)(H,77,78)(H,79,80)/t17-,18-,19-,20-,21-,22-,23-,24-,33-,34-,35-,36-,37-,38-,39-,40-,41-,42-,43-,44-,45-,46-,47-,48+,49-,50-,51-,52-,53-,54-,55-,56-,57-,58-,59-,60-,61-,62-,63-,64-/m0/s1. The summed E-state index contributed by atoms with van der Waals surface area (Å²) in [7, 11) is 0. The summed E-state index contributed by atoms with van der Waals surface area (Å²) in [6.45, 7) is 0. The third-order valence-electron chi connectivity index (χ3n) is 19.5. The molecule has 30 rings (SSSR count). The second-order valence-electron chi connectivity index (χ2n) is 28.3. The van der Waals surface area contributed by atoms with Crippen molar-refractivity contribution in [3.63, 3.8) is 0 Å². The van der Waals surface area contributed by atoms with E-state index in [9.17, 15) is 161 Å². The quantitative estimate of drug-likeness (QED) is 0.0297. The minimum Gasteiger partial charge on any atom is -0.481 e. The van der Waals surface area contributed by atoms with Gasteiger partial charge in [-0.15, -0.1) is 94.1 Å². The number of carboxylic acids is 8. The van der Waals surface area contributed by atoms with Crippen molar-refractivity contribution < 1.29 is 237 Å². The van der Waals surface area contributed by atoms with Crippen LogP contribution in [0.15, 0.2) is 0 Å². The van der Waals surface area contributed by atoms with Crippen LogP contribution in [0.1, 0.15) is 0 Å². The fourth-order valence-electron chi connectivity index (χ4n) is 13.9. The second-order valence-corrected chi connectivity index (χ2v) is 36.5. The van der Waals surface area contributed by atoms with E-state index in [0.29, 0.717) is 94.1 Å². The zero-order chi connectivity index (χ0) is 88.0. The number of hydrogen-bond acceptors (Lipinski definition) is 48. The van der Waals surface area contributed by atoms with Gasteiger partial charge in [-0.25, -0.2) is 0 Å². The molecule has 0 aromatic heterocycles. The van der Waals surface area contributed by atoms with Crippen LogP contribution in [0.4, 0.5) is 0 Å². The molecule has 30 fully saturated rings. The molecule has 0 spiro atoms. The van der Waals surface area contributed by atoms with Crippen LogP contribution in [0.5, 0.6) is 0 Å². The summed E-state index contributed by atoms with van der Waals surface area (Å²) in [6.07, 6.45) is -85.5. The van der Waals surface area contributed by atoms with E-state index in [2.05, 4.69) is 0 Å². The third kappa shape index (κ3) is 26.7. The van der Waals surface area contributed by atoms with Crippen molar-refractivity contribution in [2.75, 3.05) is 92.0 Å². The minimum absolute atomic E-state index is 0.541. The van der Waals surface area contributed by atoms with Crippen LogP contribution in [-0.2, 0) is 114 Å². The van der Waals surface area contributed by atoms with Gasteiger partial charge in [-0.1, -0.05) is 0 Å². The normalized spacial score (nSPS) is 43.5. The van der Waals surface area contributed by atoms with E-state index in [-0.39, 0.29) is 0 Å². The van der Waals surface area contributed by atoms with Crippen LogP contribution in [0.2, 0.25) is 0 Å². The van der Waals surface area contributed by atoms with Gasteiger partial charge in [-0.2, -0.15) is 0 Å². The number of ether oxygens (including phenoxy) is 16. The van der Waals surface area contributed by atoms with Crippen LogP contribution < -0.4 is 0 Å². The molecule has 0 saturated carbocycles. The van der Waals surface area contributed by atoms with Crippen molar-refractivity contribution in [2.45, 2.75) is 246 Å². The number of carboxylic acid groups (broad SMARTS) is 8. The lowest BCUT2D eigenvalue weighted by Gasteiger charge is -2.51. The van der Waals surface area contributed by atoms with Crippen LogP contribution in [0.25, 0.3) is 0 Å². The van der Waals surface area contributed by atoms with Gasteiger partial charge in [0.05, 0.1) is 94.9 Å². The molecule has 30 aliphatic rings. The van der Waals surface area contributed by atoms with E-state index in [1.54, 1.807) is 0 Å². The maximum atomic E-state index is 12.1. The first-order chi connectivity index (χ1) is 56.7. The van der Waals surface area contributed by atoms with Crippen molar-refractivity contribution in [3.05, 3.63) is 0 Å². The third-order valence-corrected chi connectivity index (χ3v) is 27.6. The number of thioether (sulfide) groups is 8. The summed E-state index contributed by atoms with van der Waals surface area (Å²) in [5, 5.41) is 270. The maximum Gasteiger partial charge on any atom is 0.313 e. The molecule has 48 nitrogen and oxygen atoms in total. The largest absolute Gasteiger partial charge is 0.481 e. The molecular weight excluding hydrogens is 1790 g/mol. The first-order valence-electron chi connectivity index (χ1n) is 36.5. The first-order valence-corrected chi connectivity index (χ1v) is 45.7. The van der Waals surface area contributed by atoms with E-state index in [0.717, 1.165) is 0 Å². The van der Waals surface area contributed by atoms with Crippen molar-refractivity contribution in [1.29, 1.82) is 0 Å². The zero-order valence-corrected chi connectivity index (χ0v) is 68.7. The lowest BCUT2D eigenvalue weighted by Crippen LogP contribution is -2.69. The predicted octanol–water partition coefficient (Wildman–Crippen LogP) is -10.8. The lowest BCUT2D eigenvalue weighted by atomic mass is 9.95. The molecule has 0 aromatic carbocycles. The Morgan fingerprint density at radius 3 is 0.333 bits per heavy atom.